The zero-order chi connectivity index (χ0) is 22.0. The van der Waals surface area contributed by atoms with Crippen LogP contribution in [0.4, 0.5) is 0 Å². The first-order valence-electron chi connectivity index (χ1n) is 11.2. The number of hydrogen-bond donors (Lipinski definition) is 1. The van der Waals surface area contributed by atoms with Gasteiger partial charge in [-0.1, -0.05) is 31.5 Å². The highest BCUT2D eigenvalue weighted by Gasteiger charge is 2.23. The van der Waals surface area contributed by atoms with E-state index in [1.54, 1.807) is 0 Å². The molecule has 166 valence electrons. The van der Waals surface area contributed by atoms with Crippen LogP contribution >= 0.6 is 11.6 Å². The summed E-state index contributed by atoms with van der Waals surface area (Å²) in [6.07, 6.45) is 2.25. The molecule has 0 saturated carbocycles. The van der Waals surface area contributed by atoms with Crippen LogP contribution in [-0.4, -0.2) is 66.1 Å². The van der Waals surface area contributed by atoms with Crippen molar-refractivity contribution in [2.24, 2.45) is 0 Å². The minimum Gasteiger partial charge on any atom is -0.492 e. The smallest absolute Gasteiger partial charge is 0.138 e. The summed E-state index contributed by atoms with van der Waals surface area (Å²) in [6, 6.07) is 13.0. The van der Waals surface area contributed by atoms with Crippen LogP contribution in [0.1, 0.15) is 38.2 Å². The maximum atomic E-state index is 6.52. The Morgan fingerprint density at radius 2 is 2.06 bits per heavy atom. The van der Waals surface area contributed by atoms with E-state index >= 15 is 0 Å². The van der Waals surface area contributed by atoms with Crippen molar-refractivity contribution in [3.8, 4) is 17.1 Å². The zero-order valence-corrected chi connectivity index (χ0v) is 19.7. The largest absolute Gasteiger partial charge is 0.492 e. The third kappa shape index (κ3) is 5.22. The Kier molecular flexibility index (Phi) is 6.85. The summed E-state index contributed by atoms with van der Waals surface area (Å²) in [6.45, 7) is 8.46. The molecule has 0 radical (unpaired) electrons. The number of aromatic amines is 1. The predicted molar refractivity (Wildman–Crippen MR) is 129 cm³/mol. The lowest BCUT2D eigenvalue weighted by Gasteiger charge is -2.20. The van der Waals surface area contributed by atoms with Crippen LogP contribution < -0.4 is 4.74 Å². The van der Waals surface area contributed by atoms with Gasteiger partial charge in [0.05, 0.1) is 22.7 Å². The lowest BCUT2D eigenvalue weighted by Crippen LogP contribution is -2.32. The van der Waals surface area contributed by atoms with Crippen molar-refractivity contribution in [2.45, 2.75) is 38.6 Å². The molecule has 2 heterocycles. The molecular weight excluding hydrogens is 408 g/mol. The van der Waals surface area contributed by atoms with Gasteiger partial charge in [-0.15, -0.1) is 0 Å². The van der Waals surface area contributed by atoms with Gasteiger partial charge >= 0.3 is 0 Å². The van der Waals surface area contributed by atoms with Crippen molar-refractivity contribution in [1.29, 1.82) is 0 Å². The second-order valence-corrected chi connectivity index (χ2v) is 9.48. The van der Waals surface area contributed by atoms with Crippen molar-refractivity contribution in [3.05, 3.63) is 47.0 Å². The molecule has 4 rings (SSSR count). The first-order valence-corrected chi connectivity index (χ1v) is 11.6. The first kappa shape index (κ1) is 22.1. The SMILES string of the molecule is CC(C)c1ccc2nc(-c3ccc(OCCCN4CCC(N(C)C)C4)c(Cl)c3)[nH]c2c1. The van der Waals surface area contributed by atoms with Crippen molar-refractivity contribution in [3.63, 3.8) is 0 Å². The van der Waals surface area contributed by atoms with Crippen LogP contribution in [0.5, 0.6) is 5.75 Å². The molecule has 31 heavy (non-hydrogen) atoms. The number of aromatic nitrogens is 2. The first-order chi connectivity index (χ1) is 14.9. The average Bonchev–Trinajstić information content (AvgIpc) is 3.38. The van der Waals surface area contributed by atoms with Crippen molar-refractivity contribution < 1.29 is 4.74 Å². The molecule has 1 atom stereocenters. The second kappa shape index (κ2) is 9.60. The fourth-order valence-electron chi connectivity index (χ4n) is 4.20. The van der Waals surface area contributed by atoms with Crippen molar-refractivity contribution >= 4 is 22.6 Å². The van der Waals surface area contributed by atoms with Crippen molar-refractivity contribution in [1.82, 2.24) is 19.8 Å². The van der Waals surface area contributed by atoms with Gasteiger partial charge in [0.1, 0.15) is 11.6 Å². The van der Waals surface area contributed by atoms with Gasteiger partial charge in [0.15, 0.2) is 0 Å². The van der Waals surface area contributed by atoms with Crippen LogP contribution in [0.15, 0.2) is 36.4 Å². The molecule has 3 aromatic rings. The Bertz CT molecular complexity index is 1030. The molecule has 1 fully saturated rings. The number of hydrogen-bond acceptors (Lipinski definition) is 4. The second-order valence-electron chi connectivity index (χ2n) is 9.07. The van der Waals surface area contributed by atoms with Crippen LogP contribution in [0.2, 0.25) is 5.02 Å². The number of rotatable bonds is 8. The van der Waals surface area contributed by atoms with Gasteiger partial charge in [-0.25, -0.2) is 4.98 Å². The summed E-state index contributed by atoms with van der Waals surface area (Å²) < 4.78 is 5.96. The summed E-state index contributed by atoms with van der Waals surface area (Å²) in [5.41, 5.74) is 4.28. The molecule has 1 unspecified atom stereocenters. The topological polar surface area (TPSA) is 44.4 Å². The van der Waals surface area contributed by atoms with Gasteiger partial charge in [-0.05, 0) is 75.3 Å². The molecule has 0 bridgehead atoms. The van der Waals surface area contributed by atoms with Gasteiger partial charge in [-0.3, -0.25) is 0 Å². The molecule has 0 amide bonds. The molecule has 1 saturated heterocycles. The fraction of sp³-hybridized carbons (Fsp3) is 0.480. The van der Waals surface area contributed by atoms with E-state index in [4.69, 9.17) is 21.3 Å². The van der Waals surface area contributed by atoms with E-state index in [9.17, 15) is 0 Å². The third-order valence-electron chi connectivity index (χ3n) is 6.23. The van der Waals surface area contributed by atoms with Crippen LogP contribution in [0.25, 0.3) is 22.4 Å². The van der Waals surface area contributed by atoms with Crippen LogP contribution in [0, 0.1) is 0 Å². The highest BCUT2D eigenvalue weighted by molar-refractivity contribution is 6.32. The minimum absolute atomic E-state index is 0.488. The van der Waals surface area contributed by atoms with E-state index in [-0.39, 0.29) is 0 Å². The third-order valence-corrected chi connectivity index (χ3v) is 6.53. The number of nitrogens with one attached hydrogen (secondary N) is 1. The summed E-state index contributed by atoms with van der Waals surface area (Å²) in [5, 5.41) is 0.620. The molecule has 5 nitrogen and oxygen atoms in total. The van der Waals surface area contributed by atoms with Gasteiger partial charge in [0.25, 0.3) is 0 Å². The van der Waals surface area contributed by atoms with Crippen molar-refractivity contribution in [2.75, 3.05) is 40.3 Å². The van der Waals surface area contributed by atoms with E-state index in [1.807, 2.05) is 18.2 Å². The molecule has 1 aliphatic rings. The molecule has 1 aliphatic heterocycles. The van der Waals surface area contributed by atoms with E-state index in [0.717, 1.165) is 47.7 Å². The van der Waals surface area contributed by atoms with E-state index in [2.05, 4.69) is 60.9 Å². The average molecular weight is 441 g/mol. The number of benzene rings is 2. The van der Waals surface area contributed by atoms with Gasteiger partial charge in [0, 0.05) is 24.7 Å². The fourth-order valence-corrected chi connectivity index (χ4v) is 4.43. The van der Waals surface area contributed by atoms with E-state index in [0.29, 0.717) is 23.6 Å². The summed E-state index contributed by atoms with van der Waals surface area (Å²) in [5.74, 6) is 2.05. The highest BCUT2D eigenvalue weighted by atomic mass is 35.5. The zero-order valence-electron chi connectivity index (χ0n) is 19.0. The lowest BCUT2D eigenvalue weighted by atomic mass is 10.0. The number of fused-ring (bicyclic) bond motifs is 1. The Labute approximate surface area is 190 Å². The van der Waals surface area contributed by atoms with Crippen LogP contribution in [0.3, 0.4) is 0 Å². The number of imidazole rings is 1. The molecule has 2 aromatic carbocycles. The summed E-state index contributed by atoms with van der Waals surface area (Å²) in [7, 11) is 4.33. The number of ether oxygens (including phenoxy) is 1. The van der Waals surface area contributed by atoms with Gasteiger partial charge < -0.3 is 19.5 Å². The van der Waals surface area contributed by atoms with E-state index in [1.165, 1.54) is 18.5 Å². The highest BCUT2D eigenvalue weighted by Crippen LogP contribution is 2.31. The normalized spacial score (nSPS) is 17.3. The predicted octanol–water partition coefficient (Wildman–Crippen LogP) is 5.41. The summed E-state index contributed by atoms with van der Waals surface area (Å²) in [4.78, 5) is 13.0. The molecular formula is C25H33ClN4O. The number of nitrogens with zero attached hydrogens (tertiary/aromatic N) is 3. The van der Waals surface area contributed by atoms with Gasteiger partial charge in [0.2, 0.25) is 0 Å². The number of H-pyrrole nitrogens is 1. The minimum atomic E-state index is 0.488. The van der Waals surface area contributed by atoms with Crippen LogP contribution in [-0.2, 0) is 0 Å². The van der Waals surface area contributed by atoms with E-state index < -0.39 is 0 Å². The van der Waals surface area contributed by atoms with Gasteiger partial charge in [-0.2, -0.15) is 0 Å². The molecule has 0 spiro atoms. The lowest BCUT2D eigenvalue weighted by molar-refractivity contribution is 0.242. The molecule has 1 N–H and O–H groups in total. The maximum Gasteiger partial charge on any atom is 0.138 e. The Balaban J connectivity index is 1.34. The summed E-state index contributed by atoms with van der Waals surface area (Å²) >= 11 is 6.52. The molecule has 1 aromatic heterocycles. The molecule has 6 heteroatoms. The Morgan fingerprint density at radius 1 is 1.23 bits per heavy atom. The quantitative estimate of drug-likeness (QED) is 0.475. The molecule has 0 aliphatic carbocycles. The number of likely N-dealkylation sites (tertiary alicyclic amines) is 1. The Hall–Kier alpha value is -2.08. The standard InChI is InChI=1S/C25H33ClN4O/c1-17(2)18-6-8-22-23(15-18)28-25(27-22)19-7-9-24(21(26)14-19)31-13-5-11-30-12-10-20(16-30)29(3)4/h6-9,14-15,17,20H,5,10-13,16H2,1-4H3,(H,27,28). The Morgan fingerprint density at radius 3 is 2.77 bits per heavy atom. The maximum absolute atomic E-state index is 6.52. The number of likely N-dealkylation sites (N-methyl/N-ethyl adjacent to an activating group) is 1. The monoisotopic (exact) mass is 440 g/mol. The number of halogens is 1.